The second-order valence-corrected chi connectivity index (χ2v) is 5.35. The van der Waals surface area contributed by atoms with E-state index < -0.39 is 0 Å². The molecule has 4 nitrogen and oxygen atoms in total. The summed E-state index contributed by atoms with van der Waals surface area (Å²) in [6.07, 6.45) is 2.01. The molecule has 0 radical (unpaired) electrons. The molecule has 0 N–H and O–H groups in total. The van der Waals surface area contributed by atoms with E-state index >= 15 is 0 Å². The topological polar surface area (TPSA) is 59.3 Å². The van der Waals surface area contributed by atoms with Crippen LogP contribution in [0.4, 0.5) is 0 Å². The van der Waals surface area contributed by atoms with Gasteiger partial charge in [0.2, 0.25) is 0 Å². The fourth-order valence-corrected chi connectivity index (χ4v) is 2.16. The smallest absolute Gasteiger partial charge is 0.311 e. The van der Waals surface area contributed by atoms with Gasteiger partial charge in [0.15, 0.2) is 11.5 Å². The third-order valence-corrected chi connectivity index (χ3v) is 3.54. The van der Waals surface area contributed by atoms with Gasteiger partial charge in [-0.05, 0) is 41.5 Å². The minimum atomic E-state index is -0.338. The Morgan fingerprint density at radius 1 is 1.21 bits per heavy atom. The number of allylic oxidation sites excluding steroid dienone is 1. The van der Waals surface area contributed by atoms with E-state index in [4.69, 9.17) is 21.1 Å². The van der Waals surface area contributed by atoms with Crippen LogP contribution in [0.15, 0.2) is 42.5 Å². The highest BCUT2D eigenvalue weighted by molar-refractivity contribution is 6.30. The summed E-state index contributed by atoms with van der Waals surface area (Å²) in [7, 11) is 1.50. The summed E-state index contributed by atoms with van der Waals surface area (Å²) in [4.78, 5) is 11.4. The Bertz CT molecular complexity index is 804. The Labute approximate surface area is 145 Å². The molecule has 0 spiro atoms. The maximum atomic E-state index is 11.4. The number of nitrogens with zero attached hydrogens (tertiary/aromatic N) is 1. The van der Waals surface area contributed by atoms with E-state index in [1.54, 1.807) is 55.5 Å². The Hall–Kier alpha value is -2.77. The van der Waals surface area contributed by atoms with Crippen molar-refractivity contribution in [2.45, 2.75) is 13.3 Å². The van der Waals surface area contributed by atoms with Gasteiger partial charge in [-0.15, -0.1) is 0 Å². The van der Waals surface area contributed by atoms with Crippen LogP contribution >= 0.6 is 11.6 Å². The van der Waals surface area contributed by atoms with E-state index in [1.807, 2.05) is 0 Å². The fourth-order valence-electron chi connectivity index (χ4n) is 2.03. The van der Waals surface area contributed by atoms with Gasteiger partial charge in [0.1, 0.15) is 0 Å². The van der Waals surface area contributed by atoms with Crippen LogP contribution in [0.2, 0.25) is 5.02 Å². The van der Waals surface area contributed by atoms with Crippen molar-refractivity contribution in [1.82, 2.24) is 0 Å². The molecular weight excluding hydrogens is 326 g/mol. The number of ether oxygens (including phenoxy) is 2. The van der Waals surface area contributed by atoms with Crippen molar-refractivity contribution in [2.24, 2.45) is 0 Å². The van der Waals surface area contributed by atoms with Gasteiger partial charge in [0, 0.05) is 11.4 Å². The zero-order valence-electron chi connectivity index (χ0n) is 13.4. The van der Waals surface area contributed by atoms with Crippen LogP contribution in [-0.2, 0) is 4.79 Å². The number of methoxy groups -OCH3 is 1. The molecular formula is C19H16ClNO3. The summed E-state index contributed by atoms with van der Waals surface area (Å²) in [5.41, 5.74) is 2.02. The number of hydrogen-bond acceptors (Lipinski definition) is 4. The Morgan fingerprint density at radius 3 is 2.50 bits per heavy atom. The van der Waals surface area contributed by atoms with E-state index in [9.17, 15) is 10.1 Å². The average Bonchev–Trinajstić information content (AvgIpc) is 2.61. The molecule has 122 valence electrons. The SMILES string of the molecule is CCC(=O)Oc1ccc(/C=C(\C#N)c2ccc(Cl)cc2)cc1OC. The zero-order valence-corrected chi connectivity index (χ0v) is 14.1. The van der Waals surface area contributed by atoms with Gasteiger partial charge in [-0.1, -0.05) is 36.7 Å². The third kappa shape index (κ3) is 4.37. The number of esters is 1. The van der Waals surface area contributed by atoms with Gasteiger partial charge in [0.05, 0.1) is 18.8 Å². The van der Waals surface area contributed by atoms with Crippen molar-refractivity contribution in [3.8, 4) is 17.6 Å². The summed E-state index contributed by atoms with van der Waals surface area (Å²) >= 11 is 5.87. The minimum absolute atomic E-state index is 0.278. The molecule has 2 aromatic carbocycles. The van der Waals surface area contributed by atoms with Crippen LogP contribution in [0, 0.1) is 11.3 Å². The first-order chi connectivity index (χ1) is 11.6. The van der Waals surface area contributed by atoms with Crippen LogP contribution in [0.3, 0.4) is 0 Å². The lowest BCUT2D eigenvalue weighted by Crippen LogP contribution is -2.06. The predicted octanol–water partition coefficient (Wildman–Crippen LogP) is 4.73. The minimum Gasteiger partial charge on any atom is -0.493 e. The number of rotatable bonds is 5. The first-order valence-corrected chi connectivity index (χ1v) is 7.71. The molecule has 0 amide bonds. The largest absolute Gasteiger partial charge is 0.493 e. The van der Waals surface area contributed by atoms with Crippen LogP contribution in [0.25, 0.3) is 11.6 Å². The maximum Gasteiger partial charge on any atom is 0.311 e. The van der Waals surface area contributed by atoms with E-state index in [1.165, 1.54) is 7.11 Å². The second-order valence-electron chi connectivity index (χ2n) is 4.91. The number of benzene rings is 2. The highest BCUT2D eigenvalue weighted by atomic mass is 35.5. The van der Waals surface area contributed by atoms with Crippen LogP contribution in [-0.4, -0.2) is 13.1 Å². The van der Waals surface area contributed by atoms with Gasteiger partial charge in [0.25, 0.3) is 0 Å². The number of carbonyl (C=O) groups excluding carboxylic acids is 1. The molecule has 0 aliphatic heterocycles. The van der Waals surface area contributed by atoms with Gasteiger partial charge in [-0.25, -0.2) is 0 Å². The van der Waals surface area contributed by atoms with Crippen LogP contribution in [0.5, 0.6) is 11.5 Å². The first kappa shape index (κ1) is 17.6. The molecule has 2 rings (SSSR count). The van der Waals surface area contributed by atoms with Crippen molar-refractivity contribution in [2.75, 3.05) is 7.11 Å². The van der Waals surface area contributed by atoms with Crippen molar-refractivity contribution in [3.05, 3.63) is 58.6 Å². The second kappa shape index (κ2) is 8.19. The van der Waals surface area contributed by atoms with Crippen molar-refractivity contribution in [3.63, 3.8) is 0 Å². The average molecular weight is 342 g/mol. The Morgan fingerprint density at radius 2 is 1.92 bits per heavy atom. The Kier molecular flexibility index (Phi) is 6.00. The van der Waals surface area contributed by atoms with Crippen LogP contribution in [0.1, 0.15) is 24.5 Å². The molecule has 24 heavy (non-hydrogen) atoms. The standard InChI is InChI=1S/C19H16ClNO3/c1-3-19(22)24-17-9-4-13(11-18(17)23-2)10-15(12-21)14-5-7-16(20)8-6-14/h4-11H,3H2,1-2H3/b15-10+. The molecule has 2 aromatic rings. The van der Waals surface area contributed by atoms with Crippen molar-refractivity contribution >= 4 is 29.2 Å². The van der Waals surface area contributed by atoms with Crippen molar-refractivity contribution < 1.29 is 14.3 Å². The quantitative estimate of drug-likeness (QED) is 0.341. The molecule has 0 unspecified atom stereocenters. The van der Waals surface area contributed by atoms with Gasteiger partial charge in [-0.3, -0.25) is 4.79 Å². The van der Waals surface area contributed by atoms with E-state index in [2.05, 4.69) is 6.07 Å². The summed E-state index contributed by atoms with van der Waals surface area (Å²) < 4.78 is 10.5. The molecule has 0 aliphatic rings. The van der Waals surface area contributed by atoms with Crippen molar-refractivity contribution in [1.29, 1.82) is 5.26 Å². The molecule has 0 fully saturated rings. The Balaban J connectivity index is 2.35. The highest BCUT2D eigenvalue weighted by Crippen LogP contribution is 2.30. The number of carbonyl (C=O) groups is 1. The number of hydrogen-bond donors (Lipinski definition) is 0. The lowest BCUT2D eigenvalue weighted by Gasteiger charge is -2.09. The van der Waals surface area contributed by atoms with Gasteiger partial charge in [-0.2, -0.15) is 5.26 Å². The monoisotopic (exact) mass is 341 g/mol. The fraction of sp³-hybridized carbons (Fsp3) is 0.158. The molecule has 5 heteroatoms. The maximum absolute atomic E-state index is 11.4. The zero-order chi connectivity index (χ0) is 17.5. The normalized spacial score (nSPS) is 10.8. The van der Waals surface area contributed by atoms with E-state index in [0.29, 0.717) is 22.1 Å². The lowest BCUT2D eigenvalue weighted by atomic mass is 10.0. The lowest BCUT2D eigenvalue weighted by molar-refractivity contribution is -0.134. The highest BCUT2D eigenvalue weighted by Gasteiger charge is 2.10. The molecule has 0 heterocycles. The molecule has 0 saturated carbocycles. The van der Waals surface area contributed by atoms with Crippen LogP contribution < -0.4 is 9.47 Å². The molecule has 0 atom stereocenters. The summed E-state index contributed by atoms with van der Waals surface area (Å²) in [5.74, 6) is 0.445. The van der Waals surface area contributed by atoms with Gasteiger partial charge >= 0.3 is 5.97 Å². The predicted molar refractivity (Wildman–Crippen MR) is 93.9 cm³/mol. The molecule has 0 saturated heterocycles. The first-order valence-electron chi connectivity index (χ1n) is 7.33. The summed E-state index contributed by atoms with van der Waals surface area (Å²) in [6, 6.07) is 14.3. The van der Waals surface area contributed by atoms with E-state index in [-0.39, 0.29) is 12.4 Å². The summed E-state index contributed by atoms with van der Waals surface area (Å²) in [5, 5.41) is 10.0. The van der Waals surface area contributed by atoms with E-state index in [0.717, 1.165) is 11.1 Å². The number of halogens is 1. The summed E-state index contributed by atoms with van der Waals surface area (Å²) in [6.45, 7) is 1.72. The van der Waals surface area contributed by atoms with Gasteiger partial charge < -0.3 is 9.47 Å². The molecule has 0 bridgehead atoms. The number of nitriles is 1. The molecule has 0 aliphatic carbocycles. The third-order valence-electron chi connectivity index (χ3n) is 3.29. The molecule has 0 aromatic heterocycles.